The molecule has 23 heavy (non-hydrogen) atoms. The molecule has 0 spiro atoms. The molecule has 1 aromatic carbocycles. The van der Waals surface area contributed by atoms with Crippen LogP contribution in [0.3, 0.4) is 0 Å². The van der Waals surface area contributed by atoms with Crippen LogP contribution in [0.25, 0.3) is 0 Å². The number of carbonyl (C=O) groups is 2. The van der Waals surface area contributed by atoms with Crippen LogP contribution in [0, 0.1) is 0 Å². The summed E-state index contributed by atoms with van der Waals surface area (Å²) in [4.78, 5) is 23.5. The maximum atomic E-state index is 12.2. The Bertz CT molecular complexity index is 561. The lowest BCUT2D eigenvalue weighted by atomic mass is 10.2. The predicted octanol–water partition coefficient (Wildman–Crippen LogP) is 2.96. The third kappa shape index (κ3) is 6.33. The van der Waals surface area contributed by atoms with Gasteiger partial charge in [-0.2, -0.15) is 8.78 Å². The molecule has 0 saturated carbocycles. The van der Waals surface area contributed by atoms with Crippen molar-refractivity contribution < 1.29 is 34.0 Å². The van der Waals surface area contributed by atoms with Crippen LogP contribution in [-0.2, 0) is 19.1 Å². The molecule has 1 aromatic rings. The molecule has 0 saturated heterocycles. The monoisotopic (exact) mass is 331 g/mol. The molecule has 128 valence electrons. The summed E-state index contributed by atoms with van der Waals surface area (Å²) in [5.41, 5.74) is 0.00290. The summed E-state index contributed by atoms with van der Waals surface area (Å²) in [5.74, 6) is -1.76. The number of anilines is 1. The van der Waals surface area contributed by atoms with Gasteiger partial charge in [0.1, 0.15) is 5.75 Å². The molecule has 1 rings (SSSR count). The lowest BCUT2D eigenvalue weighted by Gasteiger charge is -2.09. The minimum atomic E-state index is -2.95. The largest absolute Gasteiger partial charge is 0.462 e. The number of ether oxygens (including phenoxy) is 3. The summed E-state index contributed by atoms with van der Waals surface area (Å²) in [5, 5.41) is 2.65. The van der Waals surface area contributed by atoms with Gasteiger partial charge < -0.3 is 19.5 Å². The number of hydrogen-bond acceptors (Lipinski definition) is 6. The average molecular weight is 331 g/mol. The Morgan fingerprint density at radius 3 is 2.35 bits per heavy atom. The van der Waals surface area contributed by atoms with Gasteiger partial charge in [-0.3, -0.25) is 0 Å². The van der Waals surface area contributed by atoms with Gasteiger partial charge in [-0.25, -0.2) is 9.59 Å². The van der Waals surface area contributed by atoms with Crippen molar-refractivity contribution in [3.05, 3.63) is 36.0 Å². The average Bonchev–Trinajstić information content (AvgIpc) is 2.47. The molecule has 0 amide bonds. The normalized spacial score (nSPS) is 9.96. The van der Waals surface area contributed by atoms with Crippen LogP contribution in [-0.4, -0.2) is 31.8 Å². The van der Waals surface area contributed by atoms with Crippen molar-refractivity contribution >= 4 is 17.6 Å². The van der Waals surface area contributed by atoms with Gasteiger partial charge in [0, 0.05) is 19.4 Å². The molecule has 0 radical (unpaired) electrons. The lowest BCUT2D eigenvalue weighted by molar-refractivity contribution is -0.146. The fraction of sp³-hybridized carbons (Fsp3) is 0.333. The molecule has 0 unspecified atom stereocenters. The Kier molecular flexibility index (Phi) is 7.52. The van der Waals surface area contributed by atoms with E-state index in [4.69, 9.17) is 9.47 Å². The van der Waals surface area contributed by atoms with E-state index in [-0.39, 0.29) is 26.0 Å². The van der Waals surface area contributed by atoms with E-state index < -0.39 is 18.6 Å². The van der Waals surface area contributed by atoms with Gasteiger partial charge >= 0.3 is 18.6 Å². The van der Waals surface area contributed by atoms with Gasteiger partial charge in [0.25, 0.3) is 0 Å². The molecule has 0 atom stereocenters. The van der Waals surface area contributed by atoms with Crippen LogP contribution < -0.4 is 10.1 Å². The molecule has 6 nitrogen and oxygen atoms in total. The smallest absolute Gasteiger partial charge is 0.387 e. The number of carbonyl (C=O) groups excluding carboxylic acids is 2. The highest BCUT2D eigenvalue weighted by molar-refractivity contribution is 6.14. The van der Waals surface area contributed by atoms with Crippen molar-refractivity contribution in [2.24, 2.45) is 0 Å². The van der Waals surface area contributed by atoms with Crippen molar-refractivity contribution in [1.29, 1.82) is 0 Å². The van der Waals surface area contributed by atoms with Crippen molar-refractivity contribution in [3.8, 4) is 5.75 Å². The van der Waals surface area contributed by atoms with E-state index in [1.807, 2.05) is 0 Å². The quantitative estimate of drug-likeness (QED) is 0.342. The predicted molar refractivity (Wildman–Crippen MR) is 80.2 cm³/mol. The Labute approximate surface area is 133 Å². The Balaban J connectivity index is 0.00000529. The van der Waals surface area contributed by atoms with Crippen LogP contribution >= 0.6 is 0 Å². The number of hydrogen-bond donors (Lipinski definition) is 1. The third-order valence-corrected chi connectivity index (χ3v) is 2.43. The second-order valence-electron chi connectivity index (χ2n) is 4.05. The molecule has 8 heteroatoms. The Morgan fingerprint density at radius 2 is 1.83 bits per heavy atom. The van der Waals surface area contributed by atoms with Crippen LogP contribution in [0.4, 0.5) is 14.5 Å². The summed E-state index contributed by atoms with van der Waals surface area (Å²) in [6.07, 6.45) is 1.09. The number of nitrogens with one attached hydrogen (secondary N) is 1. The third-order valence-electron chi connectivity index (χ3n) is 2.43. The molecule has 0 bridgehead atoms. The second-order valence-corrected chi connectivity index (χ2v) is 4.05. The maximum Gasteiger partial charge on any atom is 0.387 e. The van der Waals surface area contributed by atoms with E-state index >= 15 is 0 Å². The molecule has 0 fully saturated rings. The highest BCUT2D eigenvalue weighted by Crippen LogP contribution is 2.19. The van der Waals surface area contributed by atoms with Crippen molar-refractivity contribution in [2.45, 2.75) is 20.5 Å². The molecule has 0 aliphatic heterocycles. The van der Waals surface area contributed by atoms with Crippen molar-refractivity contribution in [2.75, 3.05) is 18.5 Å². The molecule has 1 N–H and O–H groups in total. The van der Waals surface area contributed by atoms with E-state index in [1.165, 1.54) is 18.2 Å². The van der Waals surface area contributed by atoms with E-state index in [1.54, 1.807) is 19.9 Å². The van der Waals surface area contributed by atoms with Gasteiger partial charge in [0.2, 0.25) is 0 Å². The van der Waals surface area contributed by atoms with Gasteiger partial charge in [-0.15, -0.1) is 0 Å². The summed E-state index contributed by atoms with van der Waals surface area (Å²) < 4.78 is 38.1. The van der Waals surface area contributed by atoms with Crippen LogP contribution in [0.1, 0.15) is 15.3 Å². The molecule has 0 heterocycles. The van der Waals surface area contributed by atoms with E-state index in [9.17, 15) is 18.4 Å². The van der Waals surface area contributed by atoms with Gasteiger partial charge in [-0.05, 0) is 26.0 Å². The van der Waals surface area contributed by atoms with Crippen molar-refractivity contribution in [1.82, 2.24) is 0 Å². The van der Waals surface area contributed by atoms with E-state index in [0.717, 1.165) is 6.20 Å². The second kappa shape index (κ2) is 9.39. The van der Waals surface area contributed by atoms with Crippen LogP contribution in [0.15, 0.2) is 36.0 Å². The molecule has 0 aliphatic rings. The first-order chi connectivity index (χ1) is 11.0. The summed E-state index contributed by atoms with van der Waals surface area (Å²) in [7, 11) is 0. The summed E-state index contributed by atoms with van der Waals surface area (Å²) >= 11 is 0. The van der Waals surface area contributed by atoms with Gasteiger partial charge in [0.05, 0.1) is 13.2 Å². The summed E-state index contributed by atoms with van der Waals surface area (Å²) in [6.45, 7) is 0.425. The zero-order chi connectivity index (χ0) is 17.2. The number of rotatable bonds is 8. The summed E-state index contributed by atoms with van der Waals surface area (Å²) in [6, 6.07) is 5.65. The van der Waals surface area contributed by atoms with Gasteiger partial charge in [-0.1, -0.05) is 6.07 Å². The zero-order valence-electron chi connectivity index (χ0n) is 12.7. The topological polar surface area (TPSA) is 73.9 Å². The SMILES string of the molecule is CCOC(=O)C(=CNc1cccc(OC(F)F)c1)C(=O)OCC.[HH]. The number of alkyl halides is 2. The Morgan fingerprint density at radius 1 is 1.22 bits per heavy atom. The van der Waals surface area contributed by atoms with Gasteiger partial charge in [0.15, 0.2) is 5.57 Å². The fourth-order valence-electron chi connectivity index (χ4n) is 1.54. The molecule has 0 aromatic heterocycles. The minimum Gasteiger partial charge on any atom is -0.462 e. The molecular formula is C15H19F2NO5. The molecule has 0 aliphatic carbocycles. The zero-order valence-corrected chi connectivity index (χ0v) is 12.7. The number of esters is 2. The van der Waals surface area contributed by atoms with Crippen molar-refractivity contribution in [3.63, 3.8) is 0 Å². The van der Waals surface area contributed by atoms with Crippen LogP contribution in [0.2, 0.25) is 0 Å². The number of benzene rings is 1. The van der Waals surface area contributed by atoms with Crippen LogP contribution in [0.5, 0.6) is 5.75 Å². The maximum absolute atomic E-state index is 12.2. The highest BCUT2D eigenvalue weighted by atomic mass is 19.3. The van der Waals surface area contributed by atoms with E-state index in [0.29, 0.717) is 5.69 Å². The van der Waals surface area contributed by atoms with E-state index in [2.05, 4.69) is 10.1 Å². The lowest BCUT2D eigenvalue weighted by Crippen LogP contribution is -2.19. The standard InChI is InChI=1S/C15H17F2NO5.H2/c1-3-21-13(19)12(14(20)22-4-2)9-18-10-6-5-7-11(8-10)23-15(16)17;/h5-9,15,18H,3-4H2,1-2H3;1H. The molecular weight excluding hydrogens is 312 g/mol. The number of halogens is 2. The highest BCUT2D eigenvalue weighted by Gasteiger charge is 2.20. The first-order valence-electron chi connectivity index (χ1n) is 6.83. The first-order valence-corrected chi connectivity index (χ1v) is 6.83. The fourth-order valence-corrected chi connectivity index (χ4v) is 1.54. The Hall–Kier alpha value is -2.64. The minimum absolute atomic E-state index is 0. The first kappa shape index (κ1) is 18.4.